The monoisotopic (exact) mass is 275 g/mol. The summed E-state index contributed by atoms with van der Waals surface area (Å²) < 4.78 is 0. The van der Waals surface area contributed by atoms with Crippen molar-refractivity contribution in [1.29, 1.82) is 0 Å². The maximum Gasteiger partial charge on any atom is 0.308 e. The smallest absolute Gasteiger partial charge is 0.308 e. The minimum Gasteiger partial charge on any atom is -0.481 e. The van der Waals surface area contributed by atoms with Crippen LogP contribution in [-0.2, 0) is 4.79 Å². The van der Waals surface area contributed by atoms with Gasteiger partial charge in [-0.3, -0.25) is 4.79 Å². The third-order valence-corrected chi connectivity index (χ3v) is 4.10. The van der Waals surface area contributed by atoms with Crippen molar-refractivity contribution < 1.29 is 9.90 Å². The highest BCUT2D eigenvalue weighted by Gasteiger charge is 2.28. The highest BCUT2D eigenvalue weighted by atomic mass is 32.1. The summed E-state index contributed by atoms with van der Waals surface area (Å²) >= 11 is 1.50. The molecule has 1 atom stereocenters. The molecule has 1 fully saturated rings. The molecule has 1 unspecified atom stereocenters. The fourth-order valence-corrected chi connectivity index (χ4v) is 2.88. The average molecular weight is 275 g/mol. The molecule has 1 aromatic heterocycles. The first-order valence-corrected chi connectivity index (χ1v) is 6.96. The zero-order valence-electron chi connectivity index (χ0n) is 10.2. The molecular formula is C13H13N3O2S. The van der Waals surface area contributed by atoms with Crippen LogP contribution >= 0.6 is 11.3 Å². The van der Waals surface area contributed by atoms with Crippen LogP contribution in [-0.4, -0.2) is 34.4 Å². The zero-order valence-corrected chi connectivity index (χ0v) is 11.0. The molecule has 2 heterocycles. The van der Waals surface area contributed by atoms with E-state index in [1.807, 2.05) is 24.3 Å². The Labute approximate surface area is 114 Å². The lowest BCUT2D eigenvalue weighted by atomic mass is 10.1. The number of carboxylic acid groups (broad SMARTS) is 1. The molecule has 19 heavy (non-hydrogen) atoms. The normalized spacial score (nSPS) is 18.7. The lowest BCUT2D eigenvalue weighted by Gasteiger charge is -2.18. The van der Waals surface area contributed by atoms with Crippen LogP contribution in [0.1, 0.15) is 6.42 Å². The van der Waals surface area contributed by atoms with Gasteiger partial charge in [-0.05, 0) is 18.6 Å². The number of hydrogen-bond acceptors (Lipinski definition) is 5. The highest BCUT2D eigenvalue weighted by molar-refractivity contribution is 7.12. The van der Waals surface area contributed by atoms with Gasteiger partial charge in [0.15, 0.2) is 0 Å². The van der Waals surface area contributed by atoms with Crippen molar-refractivity contribution in [3.05, 3.63) is 29.8 Å². The fourth-order valence-electron chi connectivity index (χ4n) is 2.33. The number of aromatic nitrogens is 2. The van der Waals surface area contributed by atoms with Crippen molar-refractivity contribution in [2.24, 2.45) is 5.92 Å². The van der Waals surface area contributed by atoms with E-state index >= 15 is 0 Å². The van der Waals surface area contributed by atoms with Gasteiger partial charge in [0, 0.05) is 24.3 Å². The van der Waals surface area contributed by atoms with Crippen LogP contribution in [0.15, 0.2) is 29.8 Å². The SMILES string of the molecule is O=C(O)C1CCN(c2cccc(-c3nncs3)c2)C1. The summed E-state index contributed by atoms with van der Waals surface area (Å²) in [5.74, 6) is -0.965. The van der Waals surface area contributed by atoms with Crippen LogP contribution < -0.4 is 4.90 Å². The van der Waals surface area contributed by atoms with Gasteiger partial charge in [0.25, 0.3) is 0 Å². The number of nitrogens with zero attached hydrogens (tertiary/aromatic N) is 3. The van der Waals surface area contributed by atoms with Crippen molar-refractivity contribution >= 4 is 23.0 Å². The predicted molar refractivity (Wildman–Crippen MR) is 73.3 cm³/mol. The first-order chi connectivity index (χ1) is 9.24. The van der Waals surface area contributed by atoms with Crippen LogP contribution in [0.4, 0.5) is 5.69 Å². The van der Waals surface area contributed by atoms with E-state index in [2.05, 4.69) is 15.1 Å². The van der Waals surface area contributed by atoms with Gasteiger partial charge in [-0.1, -0.05) is 23.5 Å². The number of benzene rings is 1. The van der Waals surface area contributed by atoms with Crippen molar-refractivity contribution in [2.45, 2.75) is 6.42 Å². The molecule has 1 aliphatic rings. The molecule has 98 valence electrons. The molecule has 0 aliphatic carbocycles. The van der Waals surface area contributed by atoms with E-state index < -0.39 is 5.97 Å². The number of carboxylic acids is 1. The van der Waals surface area contributed by atoms with Gasteiger partial charge in [0.2, 0.25) is 0 Å². The van der Waals surface area contributed by atoms with Gasteiger partial charge in [0.1, 0.15) is 10.5 Å². The average Bonchev–Trinajstić information content (AvgIpc) is 3.10. The van der Waals surface area contributed by atoms with Crippen LogP contribution in [0.5, 0.6) is 0 Å². The number of hydrogen-bond donors (Lipinski definition) is 1. The van der Waals surface area contributed by atoms with Gasteiger partial charge < -0.3 is 10.0 Å². The number of carbonyl (C=O) groups is 1. The van der Waals surface area contributed by atoms with Gasteiger partial charge in [-0.2, -0.15) is 0 Å². The molecule has 1 aromatic carbocycles. The summed E-state index contributed by atoms with van der Waals surface area (Å²) in [6.07, 6.45) is 0.707. The summed E-state index contributed by atoms with van der Waals surface area (Å²) in [5.41, 5.74) is 3.79. The van der Waals surface area contributed by atoms with Crippen molar-refractivity contribution in [3.63, 3.8) is 0 Å². The second-order valence-electron chi connectivity index (χ2n) is 4.56. The van der Waals surface area contributed by atoms with Gasteiger partial charge in [0.05, 0.1) is 5.92 Å². The van der Waals surface area contributed by atoms with Crippen LogP contribution in [0, 0.1) is 5.92 Å². The van der Waals surface area contributed by atoms with Gasteiger partial charge in [-0.25, -0.2) is 0 Å². The molecule has 2 aromatic rings. The Kier molecular flexibility index (Phi) is 3.16. The first-order valence-electron chi connectivity index (χ1n) is 6.08. The van der Waals surface area contributed by atoms with Gasteiger partial charge in [-0.15, -0.1) is 10.2 Å². The Morgan fingerprint density at radius 3 is 3.05 bits per heavy atom. The Morgan fingerprint density at radius 2 is 2.37 bits per heavy atom. The van der Waals surface area contributed by atoms with Crippen molar-refractivity contribution in [3.8, 4) is 10.6 Å². The Balaban J connectivity index is 1.83. The molecule has 0 bridgehead atoms. The van der Waals surface area contributed by atoms with E-state index in [-0.39, 0.29) is 5.92 Å². The molecular weight excluding hydrogens is 262 g/mol. The lowest BCUT2D eigenvalue weighted by Crippen LogP contribution is -2.22. The molecule has 1 saturated heterocycles. The molecule has 6 heteroatoms. The van der Waals surface area contributed by atoms with E-state index in [4.69, 9.17) is 5.11 Å². The Bertz CT molecular complexity index is 585. The summed E-state index contributed by atoms with van der Waals surface area (Å²) in [5, 5.41) is 17.8. The molecule has 0 radical (unpaired) electrons. The van der Waals surface area contributed by atoms with Crippen molar-refractivity contribution in [1.82, 2.24) is 10.2 Å². The molecule has 1 N–H and O–H groups in total. The minimum absolute atomic E-state index is 0.259. The molecule has 0 spiro atoms. The number of anilines is 1. The maximum absolute atomic E-state index is 11.0. The molecule has 5 nitrogen and oxygen atoms in total. The molecule has 0 saturated carbocycles. The topological polar surface area (TPSA) is 66.3 Å². The van der Waals surface area contributed by atoms with Gasteiger partial charge >= 0.3 is 5.97 Å². The molecule has 0 amide bonds. The van der Waals surface area contributed by atoms with Crippen LogP contribution in [0.25, 0.3) is 10.6 Å². The maximum atomic E-state index is 11.0. The second-order valence-corrected chi connectivity index (χ2v) is 5.40. The van der Waals surface area contributed by atoms with E-state index in [0.717, 1.165) is 22.8 Å². The predicted octanol–water partition coefficient (Wildman–Crippen LogP) is 2.12. The van der Waals surface area contributed by atoms with E-state index in [0.29, 0.717) is 13.0 Å². The van der Waals surface area contributed by atoms with E-state index in [9.17, 15) is 4.79 Å². The van der Waals surface area contributed by atoms with Crippen molar-refractivity contribution in [2.75, 3.05) is 18.0 Å². The lowest BCUT2D eigenvalue weighted by molar-refractivity contribution is -0.140. The summed E-state index contributed by atoms with van der Waals surface area (Å²) in [6, 6.07) is 8.02. The fraction of sp³-hybridized carbons (Fsp3) is 0.308. The first kappa shape index (κ1) is 12.1. The third-order valence-electron chi connectivity index (χ3n) is 3.36. The molecule has 3 rings (SSSR count). The third kappa shape index (κ3) is 2.44. The van der Waals surface area contributed by atoms with Crippen LogP contribution in [0.2, 0.25) is 0 Å². The van der Waals surface area contributed by atoms with Crippen LogP contribution in [0.3, 0.4) is 0 Å². The van der Waals surface area contributed by atoms with E-state index in [1.165, 1.54) is 11.3 Å². The Morgan fingerprint density at radius 1 is 1.47 bits per heavy atom. The Hall–Kier alpha value is -1.95. The summed E-state index contributed by atoms with van der Waals surface area (Å²) in [4.78, 5) is 13.1. The number of aliphatic carboxylic acids is 1. The highest BCUT2D eigenvalue weighted by Crippen LogP contribution is 2.29. The zero-order chi connectivity index (χ0) is 13.2. The number of rotatable bonds is 3. The quantitative estimate of drug-likeness (QED) is 0.929. The molecule has 1 aliphatic heterocycles. The second kappa shape index (κ2) is 4.97. The summed E-state index contributed by atoms with van der Waals surface area (Å²) in [6.45, 7) is 1.37. The largest absolute Gasteiger partial charge is 0.481 e. The summed E-state index contributed by atoms with van der Waals surface area (Å²) in [7, 11) is 0. The van der Waals surface area contributed by atoms with E-state index in [1.54, 1.807) is 5.51 Å². The minimum atomic E-state index is -0.706. The standard InChI is InChI=1S/C13H13N3O2S/c17-13(18)10-4-5-16(7-10)11-3-1-2-9(6-11)12-15-14-8-19-12/h1-3,6,8,10H,4-5,7H2,(H,17,18).